The number of rotatable bonds is 2. The Hall–Kier alpha value is -1.12. The van der Waals surface area contributed by atoms with E-state index in [1.807, 2.05) is 6.07 Å². The predicted octanol–water partition coefficient (Wildman–Crippen LogP) is 1.44. The zero-order chi connectivity index (χ0) is 9.84. The van der Waals surface area contributed by atoms with E-state index in [2.05, 4.69) is 10.3 Å². The van der Waals surface area contributed by atoms with E-state index >= 15 is 0 Å². The molecular weight excluding hydrogens is 210 g/mol. The van der Waals surface area contributed by atoms with Crippen LogP contribution in [0.15, 0.2) is 5.51 Å². The Morgan fingerprint density at radius 3 is 3.08 bits per heavy atom. The van der Waals surface area contributed by atoms with Crippen LogP contribution in [-0.4, -0.2) is 16.9 Å². The Bertz CT molecular complexity index is 357. The van der Waals surface area contributed by atoms with Crippen molar-refractivity contribution < 1.29 is 4.79 Å². The number of carbonyl (C=O) groups excluding carboxylic acids is 1. The summed E-state index contributed by atoms with van der Waals surface area (Å²) in [6, 6.07) is 1.36. The molecule has 0 bridgehead atoms. The molecule has 6 heteroatoms. The highest BCUT2D eigenvalue weighted by molar-refractivity contribution is 7.12. The van der Waals surface area contributed by atoms with Crippen LogP contribution in [0, 0.1) is 11.3 Å². The van der Waals surface area contributed by atoms with Gasteiger partial charge in [0.25, 0.3) is 5.91 Å². The first-order valence-electron chi connectivity index (χ1n) is 3.44. The first kappa shape index (κ1) is 9.96. The van der Waals surface area contributed by atoms with Gasteiger partial charge < -0.3 is 5.32 Å². The highest BCUT2D eigenvalue weighted by Gasteiger charge is 2.14. The van der Waals surface area contributed by atoms with Crippen LogP contribution < -0.4 is 5.32 Å². The fraction of sp³-hybridized carbons (Fsp3) is 0.286. The summed E-state index contributed by atoms with van der Waals surface area (Å²) in [7, 11) is 0. The Kier molecular flexibility index (Phi) is 3.23. The van der Waals surface area contributed by atoms with E-state index in [0.29, 0.717) is 4.88 Å². The van der Waals surface area contributed by atoms with Gasteiger partial charge in [-0.05, 0) is 6.92 Å². The summed E-state index contributed by atoms with van der Waals surface area (Å²) in [5.74, 6) is -0.360. The van der Waals surface area contributed by atoms with Crippen LogP contribution in [0.25, 0.3) is 0 Å². The Labute approximate surface area is 84.2 Å². The lowest BCUT2D eigenvalue weighted by Crippen LogP contribution is -2.30. The number of halogens is 1. The molecule has 68 valence electrons. The van der Waals surface area contributed by atoms with Gasteiger partial charge >= 0.3 is 0 Å². The molecule has 1 N–H and O–H groups in total. The van der Waals surface area contributed by atoms with Gasteiger partial charge in [-0.2, -0.15) is 5.26 Å². The van der Waals surface area contributed by atoms with E-state index in [0.717, 1.165) is 11.3 Å². The first-order valence-corrected chi connectivity index (χ1v) is 4.70. The molecule has 0 saturated heterocycles. The topological polar surface area (TPSA) is 65.8 Å². The van der Waals surface area contributed by atoms with Gasteiger partial charge in [-0.3, -0.25) is 4.79 Å². The minimum atomic E-state index is -0.523. The summed E-state index contributed by atoms with van der Waals surface area (Å²) in [5, 5.41) is 11.1. The average molecular weight is 216 g/mol. The van der Waals surface area contributed by atoms with Crippen molar-refractivity contribution in [1.82, 2.24) is 10.3 Å². The lowest BCUT2D eigenvalue weighted by atomic mass is 10.3. The van der Waals surface area contributed by atoms with Crippen molar-refractivity contribution in [3.05, 3.63) is 15.5 Å². The molecule has 4 nitrogen and oxygen atoms in total. The molecule has 0 aliphatic heterocycles. The number of nitrogens with one attached hydrogen (secondary N) is 1. The van der Waals surface area contributed by atoms with Gasteiger partial charge in [0.15, 0.2) is 5.15 Å². The van der Waals surface area contributed by atoms with E-state index in [1.54, 1.807) is 6.92 Å². The van der Waals surface area contributed by atoms with E-state index < -0.39 is 6.04 Å². The van der Waals surface area contributed by atoms with Crippen molar-refractivity contribution in [1.29, 1.82) is 5.26 Å². The molecular formula is C7H6ClN3OS. The fourth-order valence-corrected chi connectivity index (χ4v) is 1.58. The molecule has 1 amide bonds. The number of nitriles is 1. The second-order valence-corrected chi connectivity index (χ2v) is 3.51. The first-order chi connectivity index (χ1) is 6.15. The minimum absolute atomic E-state index is 0.174. The van der Waals surface area contributed by atoms with E-state index in [1.165, 1.54) is 5.51 Å². The van der Waals surface area contributed by atoms with Crippen molar-refractivity contribution in [3.8, 4) is 6.07 Å². The van der Waals surface area contributed by atoms with Crippen LogP contribution in [-0.2, 0) is 0 Å². The fourth-order valence-electron chi connectivity index (χ4n) is 0.674. The maximum absolute atomic E-state index is 11.3. The standard InChI is InChI=1S/C7H6ClN3OS/c1-4(2-9)11-7(12)5-6(8)10-3-13-5/h3-4H,1H3,(H,11,12). The molecule has 13 heavy (non-hydrogen) atoms. The number of carbonyl (C=O) groups is 1. The van der Waals surface area contributed by atoms with Crippen LogP contribution in [0.1, 0.15) is 16.6 Å². The SMILES string of the molecule is CC(C#N)NC(=O)c1scnc1Cl. The number of hydrogen-bond donors (Lipinski definition) is 1. The molecule has 0 aliphatic carbocycles. The van der Waals surface area contributed by atoms with Crippen LogP contribution in [0.5, 0.6) is 0 Å². The maximum atomic E-state index is 11.3. The summed E-state index contributed by atoms with van der Waals surface area (Å²) in [4.78, 5) is 15.4. The van der Waals surface area contributed by atoms with Gasteiger partial charge in [-0.1, -0.05) is 11.6 Å². The van der Waals surface area contributed by atoms with Crippen molar-refractivity contribution >= 4 is 28.8 Å². The number of amides is 1. The van der Waals surface area contributed by atoms with Crippen LogP contribution in [0.4, 0.5) is 0 Å². The van der Waals surface area contributed by atoms with E-state index in [9.17, 15) is 4.79 Å². The third-order valence-corrected chi connectivity index (χ3v) is 2.50. The smallest absolute Gasteiger partial charge is 0.265 e. The molecule has 0 saturated carbocycles. The minimum Gasteiger partial charge on any atom is -0.336 e. The van der Waals surface area contributed by atoms with Gasteiger partial charge in [0, 0.05) is 0 Å². The van der Waals surface area contributed by atoms with Crippen LogP contribution in [0.2, 0.25) is 5.15 Å². The Morgan fingerprint density at radius 2 is 2.62 bits per heavy atom. The Balaban J connectivity index is 2.71. The molecule has 1 rings (SSSR count). The maximum Gasteiger partial charge on any atom is 0.265 e. The second-order valence-electron chi connectivity index (χ2n) is 2.30. The van der Waals surface area contributed by atoms with Gasteiger partial charge in [0.1, 0.15) is 10.9 Å². The third kappa shape index (κ3) is 2.41. The van der Waals surface area contributed by atoms with Gasteiger partial charge in [-0.25, -0.2) is 4.98 Å². The lowest BCUT2D eigenvalue weighted by Gasteiger charge is -2.03. The zero-order valence-electron chi connectivity index (χ0n) is 6.74. The molecule has 1 atom stereocenters. The zero-order valence-corrected chi connectivity index (χ0v) is 8.32. The molecule has 1 heterocycles. The molecule has 0 aliphatic rings. The van der Waals surface area contributed by atoms with Crippen molar-refractivity contribution in [2.75, 3.05) is 0 Å². The summed E-state index contributed by atoms with van der Waals surface area (Å²) < 4.78 is 0. The van der Waals surface area contributed by atoms with Gasteiger partial charge in [0.05, 0.1) is 11.6 Å². The summed E-state index contributed by atoms with van der Waals surface area (Å²) >= 11 is 6.76. The lowest BCUT2D eigenvalue weighted by molar-refractivity contribution is 0.0952. The van der Waals surface area contributed by atoms with E-state index in [-0.39, 0.29) is 11.1 Å². The van der Waals surface area contributed by atoms with Crippen molar-refractivity contribution in [3.63, 3.8) is 0 Å². The number of nitrogens with zero attached hydrogens (tertiary/aromatic N) is 2. The van der Waals surface area contributed by atoms with Crippen molar-refractivity contribution in [2.45, 2.75) is 13.0 Å². The summed E-state index contributed by atoms with van der Waals surface area (Å²) in [6.07, 6.45) is 0. The molecule has 0 fully saturated rings. The van der Waals surface area contributed by atoms with E-state index in [4.69, 9.17) is 16.9 Å². The highest BCUT2D eigenvalue weighted by atomic mass is 35.5. The highest BCUT2D eigenvalue weighted by Crippen LogP contribution is 2.17. The van der Waals surface area contributed by atoms with Crippen molar-refractivity contribution in [2.24, 2.45) is 0 Å². The monoisotopic (exact) mass is 215 g/mol. The number of thiazole rings is 1. The molecule has 1 aromatic heterocycles. The summed E-state index contributed by atoms with van der Waals surface area (Å²) in [5.41, 5.74) is 1.48. The molecule has 1 unspecified atom stereocenters. The molecule has 0 aromatic carbocycles. The molecule has 0 spiro atoms. The summed E-state index contributed by atoms with van der Waals surface area (Å²) in [6.45, 7) is 1.59. The number of hydrogen-bond acceptors (Lipinski definition) is 4. The predicted molar refractivity (Wildman–Crippen MR) is 49.7 cm³/mol. The second kappa shape index (κ2) is 4.21. The third-order valence-electron chi connectivity index (χ3n) is 1.27. The molecule has 0 radical (unpaired) electrons. The number of aromatic nitrogens is 1. The normalized spacial score (nSPS) is 11.8. The average Bonchev–Trinajstić information content (AvgIpc) is 2.51. The molecule has 1 aromatic rings. The quantitative estimate of drug-likeness (QED) is 0.812. The largest absolute Gasteiger partial charge is 0.336 e. The van der Waals surface area contributed by atoms with Gasteiger partial charge in [-0.15, -0.1) is 11.3 Å². The van der Waals surface area contributed by atoms with Gasteiger partial charge in [0.2, 0.25) is 0 Å². The van der Waals surface area contributed by atoms with Crippen LogP contribution >= 0.6 is 22.9 Å². The Morgan fingerprint density at radius 1 is 1.92 bits per heavy atom. The van der Waals surface area contributed by atoms with Crippen LogP contribution in [0.3, 0.4) is 0 Å².